The second-order valence-corrected chi connectivity index (χ2v) is 13.4. The lowest BCUT2D eigenvalue weighted by molar-refractivity contribution is -0.138. The molecule has 6 rings (SSSR count). The molecule has 19 heteroatoms. The SMILES string of the molecule is C#Cc1cc(C(=O)N(CC)CC)cc(C#C)n1.CCN(CC)C(=O)c1cc(-c2cn(-c3ccc(C(=O)O)c(C)c3)nn2)nc(-c2cn(-c3ccc(C(=O)O)c(C(F)(F)F)c3)nn2)c1. The highest BCUT2D eigenvalue weighted by molar-refractivity contribution is 5.96. The summed E-state index contributed by atoms with van der Waals surface area (Å²) in [5, 5.41) is 34.8. The van der Waals surface area contributed by atoms with Crippen molar-refractivity contribution in [3.63, 3.8) is 0 Å². The Kier molecular flexibility index (Phi) is 14.2. The summed E-state index contributed by atoms with van der Waals surface area (Å²) in [6.07, 6.45) is 8.47. The molecular weight excluding hydrogens is 822 g/mol. The number of carboxylic acid groups (broad SMARTS) is 2. The van der Waals surface area contributed by atoms with E-state index in [-0.39, 0.29) is 51.4 Å². The van der Waals surface area contributed by atoms with E-state index >= 15 is 0 Å². The van der Waals surface area contributed by atoms with Crippen molar-refractivity contribution in [2.45, 2.75) is 40.8 Å². The van der Waals surface area contributed by atoms with Gasteiger partial charge in [0.2, 0.25) is 0 Å². The molecule has 0 saturated carbocycles. The number of alkyl halides is 3. The van der Waals surface area contributed by atoms with Gasteiger partial charge in [0, 0.05) is 37.3 Å². The van der Waals surface area contributed by atoms with Crippen LogP contribution in [0.4, 0.5) is 13.2 Å². The molecule has 16 nitrogen and oxygen atoms in total. The number of halogens is 3. The first-order valence-electron chi connectivity index (χ1n) is 19.2. The zero-order valence-corrected chi connectivity index (χ0v) is 34.5. The van der Waals surface area contributed by atoms with Crippen molar-refractivity contribution in [1.29, 1.82) is 0 Å². The summed E-state index contributed by atoms with van der Waals surface area (Å²) in [5.74, 6) is 1.61. The Hall–Kier alpha value is -8.19. The van der Waals surface area contributed by atoms with Crippen LogP contribution in [0.2, 0.25) is 0 Å². The summed E-state index contributed by atoms with van der Waals surface area (Å²) >= 11 is 0. The molecule has 322 valence electrons. The quantitative estimate of drug-likeness (QED) is 0.130. The molecule has 63 heavy (non-hydrogen) atoms. The molecule has 2 aromatic carbocycles. The minimum Gasteiger partial charge on any atom is -0.478 e. The smallest absolute Gasteiger partial charge is 0.417 e. The summed E-state index contributed by atoms with van der Waals surface area (Å²) in [7, 11) is 0. The van der Waals surface area contributed by atoms with Gasteiger partial charge in [0.05, 0.1) is 51.8 Å². The summed E-state index contributed by atoms with van der Waals surface area (Å²) in [5.41, 5.74) is 1.09. The second-order valence-electron chi connectivity index (χ2n) is 13.4. The summed E-state index contributed by atoms with van der Waals surface area (Å²) in [6, 6.07) is 13.5. The minimum absolute atomic E-state index is 0.0783. The number of carbonyl (C=O) groups is 4. The number of pyridine rings is 2. The van der Waals surface area contributed by atoms with E-state index in [1.54, 1.807) is 47.2 Å². The van der Waals surface area contributed by atoms with Crippen LogP contribution in [0.3, 0.4) is 0 Å². The van der Waals surface area contributed by atoms with Gasteiger partial charge in [-0.1, -0.05) is 22.3 Å². The largest absolute Gasteiger partial charge is 0.478 e. The zero-order valence-electron chi connectivity index (χ0n) is 34.5. The molecule has 6 aromatic rings. The first-order valence-corrected chi connectivity index (χ1v) is 19.2. The minimum atomic E-state index is -4.93. The Labute approximate surface area is 359 Å². The van der Waals surface area contributed by atoms with E-state index in [9.17, 15) is 42.6 Å². The standard InChI is InChI=1S/C30H25F3N8O5.C14H14N2O/c1-4-39(5-2)27(42)17-11-23(25-14-40(37-35-25)18-6-8-20(28(43)44)16(3)10-18)34-24(12-17)26-15-41(38-36-26)19-7-9-21(29(45)46)22(13-19)30(31,32)33;1-5-12-9-11(10-13(6-2)15-12)14(17)16(7-3)8-4/h6-15H,4-5H2,1-3H3,(H,43,44)(H,45,46);1-2,9-10H,7-8H2,3-4H3. The molecule has 0 spiro atoms. The van der Waals surface area contributed by atoms with Crippen molar-refractivity contribution in [3.8, 4) is 58.8 Å². The third-order valence-electron chi connectivity index (χ3n) is 9.56. The van der Waals surface area contributed by atoms with Gasteiger partial charge in [-0.05, 0) is 101 Å². The van der Waals surface area contributed by atoms with Crippen molar-refractivity contribution in [1.82, 2.24) is 49.8 Å². The molecule has 2 N–H and O–H groups in total. The van der Waals surface area contributed by atoms with Crippen molar-refractivity contribution < 1.29 is 42.6 Å². The molecule has 0 aliphatic rings. The first-order chi connectivity index (χ1) is 30.0. The molecule has 4 heterocycles. The number of hydrogen-bond donors (Lipinski definition) is 2. The zero-order chi connectivity index (χ0) is 46.2. The summed E-state index contributed by atoms with van der Waals surface area (Å²) in [4.78, 5) is 60.2. The number of nitrogens with zero attached hydrogens (tertiary/aromatic N) is 10. The maximum absolute atomic E-state index is 13.6. The highest BCUT2D eigenvalue weighted by Crippen LogP contribution is 2.34. The number of rotatable bonds is 12. The number of terminal acetylenes is 2. The van der Waals surface area contributed by atoms with Crippen LogP contribution in [-0.2, 0) is 6.18 Å². The predicted molar refractivity (Wildman–Crippen MR) is 223 cm³/mol. The lowest BCUT2D eigenvalue weighted by Gasteiger charge is -2.19. The van der Waals surface area contributed by atoms with Crippen LogP contribution in [0.15, 0.2) is 73.1 Å². The summed E-state index contributed by atoms with van der Waals surface area (Å²) < 4.78 is 43.3. The maximum atomic E-state index is 13.6. The van der Waals surface area contributed by atoms with Crippen LogP contribution in [0.25, 0.3) is 34.2 Å². The lowest BCUT2D eigenvalue weighted by atomic mass is 10.1. The lowest BCUT2D eigenvalue weighted by Crippen LogP contribution is -2.30. The topological polar surface area (TPSA) is 202 Å². The Bertz CT molecular complexity index is 2760. The molecule has 0 aliphatic carbocycles. The Morgan fingerprint density at radius 1 is 0.635 bits per heavy atom. The van der Waals surface area contributed by atoms with Crippen LogP contribution < -0.4 is 0 Å². The number of aryl methyl sites for hydroxylation is 1. The van der Waals surface area contributed by atoms with Gasteiger partial charge in [-0.3, -0.25) is 9.59 Å². The fourth-order valence-corrected chi connectivity index (χ4v) is 6.25. The third-order valence-corrected chi connectivity index (χ3v) is 9.56. The highest BCUT2D eigenvalue weighted by Gasteiger charge is 2.36. The Morgan fingerprint density at radius 3 is 1.46 bits per heavy atom. The summed E-state index contributed by atoms with van der Waals surface area (Å²) in [6.45, 7) is 11.3. The highest BCUT2D eigenvalue weighted by atomic mass is 19.4. The molecular formula is C44H39F3N10O6. The Balaban J connectivity index is 0.000000370. The van der Waals surface area contributed by atoms with Crippen LogP contribution in [0, 0.1) is 31.6 Å². The molecule has 0 atom stereocenters. The fraction of sp³-hybridized carbons (Fsp3) is 0.227. The average molecular weight is 861 g/mol. The van der Waals surface area contributed by atoms with E-state index in [0.29, 0.717) is 60.4 Å². The van der Waals surface area contributed by atoms with Gasteiger partial charge < -0.3 is 20.0 Å². The molecule has 0 unspecified atom stereocenters. The van der Waals surface area contributed by atoms with Crippen molar-refractivity contribution in [2.24, 2.45) is 0 Å². The number of carbonyl (C=O) groups excluding carboxylic acids is 2. The number of carboxylic acids is 2. The van der Waals surface area contributed by atoms with E-state index in [2.05, 4.69) is 42.4 Å². The molecule has 2 amide bonds. The first kappa shape index (κ1) is 45.9. The van der Waals surface area contributed by atoms with E-state index < -0.39 is 29.2 Å². The van der Waals surface area contributed by atoms with Gasteiger partial charge in [0.15, 0.2) is 0 Å². The van der Waals surface area contributed by atoms with Crippen molar-refractivity contribution >= 4 is 23.8 Å². The van der Waals surface area contributed by atoms with E-state index in [1.807, 2.05) is 27.7 Å². The molecule has 0 aliphatic heterocycles. The fourth-order valence-electron chi connectivity index (χ4n) is 6.25. The molecule has 0 fully saturated rings. The van der Waals surface area contributed by atoms with Crippen molar-refractivity contribution in [2.75, 3.05) is 26.2 Å². The predicted octanol–water partition coefficient (Wildman–Crippen LogP) is 6.31. The number of aromatic nitrogens is 8. The van der Waals surface area contributed by atoms with Crippen LogP contribution in [0.5, 0.6) is 0 Å². The van der Waals surface area contributed by atoms with E-state index in [1.165, 1.54) is 35.1 Å². The van der Waals surface area contributed by atoms with Crippen LogP contribution in [0.1, 0.15) is 91.6 Å². The van der Waals surface area contributed by atoms with Gasteiger partial charge in [0.25, 0.3) is 11.8 Å². The maximum Gasteiger partial charge on any atom is 0.417 e. The van der Waals surface area contributed by atoms with Crippen LogP contribution >= 0.6 is 0 Å². The van der Waals surface area contributed by atoms with E-state index in [4.69, 9.17) is 12.8 Å². The van der Waals surface area contributed by atoms with Gasteiger partial charge in [-0.25, -0.2) is 28.9 Å². The van der Waals surface area contributed by atoms with Crippen molar-refractivity contribution in [3.05, 3.63) is 118 Å². The number of aromatic carboxylic acids is 2. The second kappa shape index (κ2) is 19.5. The molecule has 4 aromatic heterocycles. The molecule has 0 radical (unpaired) electrons. The normalized spacial score (nSPS) is 10.8. The number of hydrogen-bond acceptors (Lipinski definition) is 10. The van der Waals surface area contributed by atoms with Gasteiger partial charge in [0.1, 0.15) is 22.8 Å². The Morgan fingerprint density at radius 2 is 1.06 bits per heavy atom. The van der Waals surface area contributed by atoms with Crippen LogP contribution in [-0.4, -0.2) is 110 Å². The third kappa shape index (κ3) is 10.4. The molecule has 0 saturated heterocycles. The van der Waals surface area contributed by atoms with E-state index in [0.717, 1.165) is 10.7 Å². The number of amides is 2. The molecule has 0 bridgehead atoms. The number of benzene rings is 2. The van der Waals surface area contributed by atoms with Gasteiger partial charge in [-0.2, -0.15) is 13.2 Å². The monoisotopic (exact) mass is 860 g/mol. The average Bonchev–Trinajstić information content (AvgIpc) is 3.98. The van der Waals surface area contributed by atoms with Gasteiger partial charge in [-0.15, -0.1) is 23.0 Å². The van der Waals surface area contributed by atoms with Gasteiger partial charge >= 0.3 is 18.1 Å².